The van der Waals surface area contributed by atoms with Gasteiger partial charge in [-0.1, -0.05) is 34.6 Å². The van der Waals surface area contributed by atoms with Gasteiger partial charge in [-0.05, 0) is 53.5 Å². The van der Waals surface area contributed by atoms with Crippen molar-refractivity contribution in [2.45, 2.75) is 48.0 Å². The molecule has 3 rings (SSSR count). The molecule has 2 aliphatic rings. The number of ketones is 1. The van der Waals surface area contributed by atoms with Gasteiger partial charge >= 0.3 is 0 Å². The Balaban J connectivity index is 2.25. The lowest BCUT2D eigenvalue weighted by Crippen LogP contribution is -2.31. The van der Waals surface area contributed by atoms with Crippen molar-refractivity contribution in [3.8, 4) is 0 Å². The number of aryl methyl sites for hydroxylation is 1. The third kappa shape index (κ3) is 2.31. The SMILES string of the molecule is Cc1coc2c1CC(C)(C)C1=C/C(=C\2)C=C(C(C)(C)C)C1=O. The first-order valence-corrected chi connectivity index (χ1v) is 7.87. The Morgan fingerprint density at radius 3 is 2.45 bits per heavy atom. The maximum Gasteiger partial charge on any atom is 0.186 e. The fourth-order valence-electron chi connectivity index (χ4n) is 3.32. The molecule has 2 nitrogen and oxygen atoms in total. The van der Waals surface area contributed by atoms with E-state index in [1.54, 1.807) is 0 Å². The van der Waals surface area contributed by atoms with E-state index < -0.39 is 0 Å². The molecule has 1 heterocycles. The molecule has 0 unspecified atom stereocenters. The van der Waals surface area contributed by atoms with Crippen LogP contribution in [0.2, 0.25) is 0 Å². The van der Waals surface area contributed by atoms with E-state index in [0.29, 0.717) is 0 Å². The van der Waals surface area contributed by atoms with Crippen molar-refractivity contribution in [1.29, 1.82) is 0 Å². The van der Waals surface area contributed by atoms with Crippen LogP contribution < -0.4 is 0 Å². The molecule has 0 aliphatic heterocycles. The molecule has 116 valence electrons. The number of allylic oxidation sites excluding steroid dienone is 5. The summed E-state index contributed by atoms with van der Waals surface area (Å²) in [6.45, 7) is 12.7. The van der Waals surface area contributed by atoms with Crippen molar-refractivity contribution in [2.75, 3.05) is 0 Å². The molecule has 0 saturated heterocycles. The average Bonchev–Trinajstić information content (AvgIpc) is 2.69. The normalized spacial score (nSPS) is 22.8. The number of hydrogen-bond acceptors (Lipinski definition) is 2. The van der Waals surface area contributed by atoms with E-state index in [1.165, 1.54) is 5.56 Å². The highest BCUT2D eigenvalue weighted by Gasteiger charge is 2.38. The maximum absolute atomic E-state index is 13.0. The van der Waals surface area contributed by atoms with Gasteiger partial charge in [-0.25, -0.2) is 0 Å². The van der Waals surface area contributed by atoms with E-state index >= 15 is 0 Å². The van der Waals surface area contributed by atoms with Gasteiger partial charge in [-0.2, -0.15) is 0 Å². The molecule has 2 bridgehead atoms. The third-order valence-electron chi connectivity index (χ3n) is 4.70. The topological polar surface area (TPSA) is 30.2 Å². The van der Waals surface area contributed by atoms with Crippen molar-refractivity contribution in [3.05, 3.63) is 52.0 Å². The van der Waals surface area contributed by atoms with Gasteiger partial charge in [0.1, 0.15) is 5.76 Å². The fraction of sp³-hybridized carbons (Fsp3) is 0.450. The summed E-state index contributed by atoms with van der Waals surface area (Å²) in [5.41, 5.74) is 4.87. The van der Waals surface area contributed by atoms with Crippen molar-refractivity contribution in [2.24, 2.45) is 10.8 Å². The van der Waals surface area contributed by atoms with E-state index in [0.717, 1.165) is 34.5 Å². The zero-order chi connectivity index (χ0) is 16.3. The Bertz CT molecular complexity index is 743. The van der Waals surface area contributed by atoms with Crippen LogP contribution in [-0.2, 0) is 11.2 Å². The second-order valence-corrected chi connectivity index (χ2v) is 8.16. The highest BCUT2D eigenvalue weighted by atomic mass is 16.3. The van der Waals surface area contributed by atoms with E-state index in [9.17, 15) is 4.79 Å². The highest BCUT2D eigenvalue weighted by Crippen LogP contribution is 2.43. The summed E-state index contributed by atoms with van der Waals surface area (Å²) < 4.78 is 5.73. The Hall–Kier alpha value is -1.83. The number of Topliss-reactive ketones (excluding diaryl/α,β-unsaturated/α-hetero) is 1. The smallest absolute Gasteiger partial charge is 0.186 e. The molecule has 0 aromatic carbocycles. The molecule has 22 heavy (non-hydrogen) atoms. The fourth-order valence-corrected chi connectivity index (χ4v) is 3.32. The molecule has 0 radical (unpaired) electrons. The summed E-state index contributed by atoms with van der Waals surface area (Å²) in [7, 11) is 0. The Morgan fingerprint density at radius 2 is 1.82 bits per heavy atom. The summed E-state index contributed by atoms with van der Waals surface area (Å²) >= 11 is 0. The van der Waals surface area contributed by atoms with Crippen LogP contribution in [0.15, 0.2) is 39.6 Å². The predicted octanol–water partition coefficient (Wildman–Crippen LogP) is 5.04. The monoisotopic (exact) mass is 296 g/mol. The zero-order valence-electron chi connectivity index (χ0n) is 14.3. The van der Waals surface area contributed by atoms with Crippen LogP contribution in [0.5, 0.6) is 0 Å². The molecule has 2 heteroatoms. The highest BCUT2D eigenvalue weighted by molar-refractivity contribution is 6.12. The van der Waals surface area contributed by atoms with E-state index in [1.807, 2.05) is 18.4 Å². The van der Waals surface area contributed by atoms with Crippen LogP contribution >= 0.6 is 0 Å². The molecule has 0 spiro atoms. The number of carbonyl (C=O) groups is 1. The van der Waals surface area contributed by atoms with Crippen molar-refractivity contribution < 1.29 is 9.21 Å². The molecule has 2 aliphatic carbocycles. The molecule has 0 atom stereocenters. The minimum atomic E-state index is -0.204. The van der Waals surface area contributed by atoms with Gasteiger partial charge < -0.3 is 4.42 Å². The number of rotatable bonds is 0. The van der Waals surface area contributed by atoms with Crippen molar-refractivity contribution in [3.63, 3.8) is 0 Å². The number of carbonyl (C=O) groups excluding carboxylic acids is 1. The molecular formula is C20H24O2. The van der Waals surface area contributed by atoms with Crippen LogP contribution in [0.1, 0.15) is 51.5 Å². The van der Waals surface area contributed by atoms with E-state index in [4.69, 9.17) is 4.42 Å². The molecule has 0 N–H and O–H groups in total. The Morgan fingerprint density at radius 1 is 1.14 bits per heavy atom. The summed E-state index contributed by atoms with van der Waals surface area (Å²) in [5, 5.41) is 0. The van der Waals surface area contributed by atoms with Gasteiger partial charge in [0.2, 0.25) is 0 Å². The Labute approximate surface area is 132 Å². The maximum atomic E-state index is 13.0. The van der Waals surface area contributed by atoms with Gasteiger partial charge in [-0.3, -0.25) is 4.79 Å². The van der Waals surface area contributed by atoms with Gasteiger partial charge in [0, 0.05) is 16.7 Å². The third-order valence-corrected chi connectivity index (χ3v) is 4.70. The van der Waals surface area contributed by atoms with Crippen LogP contribution in [0, 0.1) is 17.8 Å². The molecule has 0 amide bonds. The lowest BCUT2D eigenvalue weighted by molar-refractivity contribution is -0.114. The van der Waals surface area contributed by atoms with Crippen LogP contribution in [-0.4, -0.2) is 5.78 Å². The first-order valence-electron chi connectivity index (χ1n) is 7.87. The minimum Gasteiger partial charge on any atom is -0.464 e. The van der Waals surface area contributed by atoms with Crippen molar-refractivity contribution in [1.82, 2.24) is 0 Å². The first-order chi connectivity index (χ1) is 10.1. The average molecular weight is 296 g/mol. The summed E-state index contributed by atoms with van der Waals surface area (Å²) in [4.78, 5) is 13.0. The lowest BCUT2D eigenvalue weighted by Gasteiger charge is -2.34. The quantitative estimate of drug-likeness (QED) is 0.671. The van der Waals surface area contributed by atoms with Gasteiger partial charge in [0.05, 0.1) is 6.26 Å². The standard InChI is InChI=1S/C20H24O2/c1-12-11-22-17-9-13-7-15(19(2,3)4)18(21)16(8-13)20(5,6)10-14(12)17/h7-9,11H,10H2,1-6H3/b13-9-. The molecule has 1 aromatic heterocycles. The minimum absolute atomic E-state index is 0.160. The summed E-state index contributed by atoms with van der Waals surface area (Å²) in [5.74, 6) is 1.12. The summed E-state index contributed by atoms with van der Waals surface area (Å²) in [6, 6.07) is 0. The summed E-state index contributed by atoms with van der Waals surface area (Å²) in [6.07, 6.45) is 8.76. The number of fused-ring (bicyclic) bond motifs is 2. The molecule has 0 saturated carbocycles. The van der Waals surface area contributed by atoms with E-state index in [2.05, 4.69) is 47.6 Å². The van der Waals surface area contributed by atoms with E-state index in [-0.39, 0.29) is 16.6 Å². The largest absolute Gasteiger partial charge is 0.464 e. The van der Waals surface area contributed by atoms with Gasteiger partial charge in [-0.15, -0.1) is 0 Å². The second kappa shape index (κ2) is 4.58. The molecule has 0 fully saturated rings. The van der Waals surface area contributed by atoms with Crippen LogP contribution in [0.3, 0.4) is 0 Å². The van der Waals surface area contributed by atoms with Crippen molar-refractivity contribution >= 4 is 11.9 Å². The number of furan rings is 1. The molecule has 1 aromatic rings. The van der Waals surface area contributed by atoms with Gasteiger partial charge in [0.15, 0.2) is 5.78 Å². The first kappa shape index (κ1) is 15.1. The zero-order valence-corrected chi connectivity index (χ0v) is 14.3. The second-order valence-electron chi connectivity index (χ2n) is 8.16. The lowest BCUT2D eigenvalue weighted by atomic mass is 9.68. The van der Waals surface area contributed by atoms with Crippen LogP contribution in [0.4, 0.5) is 0 Å². The molecular weight excluding hydrogens is 272 g/mol. The predicted molar refractivity (Wildman–Crippen MR) is 89.5 cm³/mol. The van der Waals surface area contributed by atoms with Crippen LogP contribution in [0.25, 0.3) is 6.08 Å². The number of hydrogen-bond donors (Lipinski definition) is 0. The Kier molecular flexibility index (Phi) is 3.14. The van der Waals surface area contributed by atoms with Gasteiger partial charge in [0.25, 0.3) is 0 Å².